The number of rotatable bonds is 7. The van der Waals surface area contributed by atoms with Gasteiger partial charge in [0.25, 0.3) is 0 Å². The molecule has 178 valence electrons. The minimum absolute atomic E-state index is 0.0304. The van der Waals surface area contributed by atoms with E-state index in [4.69, 9.17) is 0 Å². The van der Waals surface area contributed by atoms with Crippen LogP contribution in [-0.4, -0.2) is 22.8 Å². The minimum Gasteiger partial charge on any atom is -0.481 e. The molecule has 0 heterocycles. The monoisotopic (exact) mass is 432 g/mol. The molecule has 0 aromatic heterocycles. The summed E-state index contributed by atoms with van der Waals surface area (Å²) in [4.78, 5) is 11.7. The molecule has 4 aliphatic rings. The second-order valence-corrected chi connectivity index (χ2v) is 12.8. The summed E-state index contributed by atoms with van der Waals surface area (Å²) in [5, 5.41) is 19.1. The number of carboxylic acids is 1. The second kappa shape index (κ2) is 8.99. The summed E-state index contributed by atoms with van der Waals surface area (Å²) in [6, 6.07) is 0. The molecule has 0 aromatic rings. The van der Waals surface area contributed by atoms with Crippen molar-refractivity contribution in [3.05, 3.63) is 0 Å². The van der Waals surface area contributed by atoms with Crippen molar-refractivity contribution in [3.8, 4) is 0 Å². The number of hydrogen-bond donors (Lipinski definition) is 2. The first kappa shape index (κ1) is 23.6. The molecule has 4 aliphatic carbocycles. The number of fused-ring (bicyclic) bond motifs is 5. The number of hydrogen-bond acceptors (Lipinski definition) is 2. The van der Waals surface area contributed by atoms with Crippen molar-refractivity contribution >= 4 is 5.97 Å². The van der Waals surface area contributed by atoms with Crippen LogP contribution >= 0.6 is 0 Å². The molecule has 0 bridgehead atoms. The van der Waals surface area contributed by atoms with Crippen LogP contribution in [0.15, 0.2) is 0 Å². The molecular weight excluding hydrogens is 384 g/mol. The normalized spacial score (nSPS) is 45.1. The van der Waals surface area contributed by atoms with Gasteiger partial charge in [0.1, 0.15) is 0 Å². The maximum atomic E-state index is 11.7. The standard InChI is InChI=1S/C28H48O3/c1-18(8-10-21(26(30)31)19(2)17-29)23-12-13-24-22-11-9-20-7-5-6-15-27(20,3)25(22)14-16-28(23,24)4/h18-25,29H,5-17H2,1-4H3,(H,30,31)/t18-,19?,20?,21?,22+,23-,24+,25+,27+,28-/m1/s1. The van der Waals surface area contributed by atoms with Gasteiger partial charge in [-0.15, -0.1) is 0 Å². The Hall–Kier alpha value is -0.570. The van der Waals surface area contributed by atoms with Gasteiger partial charge in [-0.25, -0.2) is 0 Å². The first-order valence-electron chi connectivity index (χ1n) is 13.6. The highest BCUT2D eigenvalue weighted by Gasteiger charge is 2.60. The summed E-state index contributed by atoms with van der Waals surface area (Å²) in [6.07, 6.45) is 16.1. The molecule has 0 spiro atoms. The van der Waals surface area contributed by atoms with E-state index in [0.717, 1.165) is 36.0 Å². The summed E-state index contributed by atoms with van der Waals surface area (Å²) in [6.45, 7) is 9.52. The van der Waals surface area contributed by atoms with E-state index in [0.29, 0.717) is 23.2 Å². The van der Waals surface area contributed by atoms with Crippen molar-refractivity contribution in [2.75, 3.05) is 6.61 Å². The lowest BCUT2D eigenvalue weighted by Crippen LogP contribution is -2.53. The van der Waals surface area contributed by atoms with Gasteiger partial charge in [0, 0.05) is 6.61 Å². The van der Waals surface area contributed by atoms with Crippen molar-refractivity contribution in [3.63, 3.8) is 0 Å². The quantitative estimate of drug-likeness (QED) is 0.466. The van der Waals surface area contributed by atoms with Crippen LogP contribution in [0.1, 0.15) is 105 Å². The van der Waals surface area contributed by atoms with Gasteiger partial charge in [0.05, 0.1) is 5.92 Å². The van der Waals surface area contributed by atoms with Crippen LogP contribution in [-0.2, 0) is 4.79 Å². The van der Waals surface area contributed by atoms with E-state index in [9.17, 15) is 15.0 Å². The van der Waals surface area contributed by atoms with Crippen molar-refractivity contribution < 1.29 is 15.0 Å². The Morgan fingerprint density at radius 3 is 2.35 bits per heavy atom. The largest absolute Gasteiger partial charge is 0.481 e. The molecule has 31 heavy (non-hydrogen) atoms. The average molecular weight is 433 g/mol. The lowest BCUT2D eigenvalue weighted by Gasteiger charge is -2.61. The Balaban J connectivity index is 1.44. The Bertz CT molecular complexity index is 646. The first-order chi connectivity index (χ1) is 14.7. The molecule has 4 saturated carbocycles. The number of aliphatic hydroxyl groups excluding tert-OH is 1. The van der Waals surface area contributed by atoms with Gasteiger partial charge in [-0.2, -0.15) is 0 Å². The lowest BCUT2D eigenvalue weighted by atomic mass is 9.44. The zero-order valence-electron chi connectivity index (χ0n) is 20.6. The zero-order valence-corrected chi connectivity index (χ0v) is 20.6. The van der Waals surface area contributed by atoms with Gasteiger partial charge in [-0.1, -0.05) is 40.5 Å². The highest BCUT2D eigenvalue weighted by Crippen LogP contribution is 2.68. The lowest BCUT2D eigenvalue weighted by molar-refractivity contribution is -0.144. The van der Waals surface area contributed by atoms with Crippen LogP contribution in [0.2, 0.25) is 0 Å². The molecule has 0 radical (unpaired) electrons. The average Bonchev–Trinajstić information content (AvgIpc) is 3.10. The Kier molecular flexibility index (Phi) is 6.84. The highest BCUT2D eigenvalue weighted by molar-refractivity contribution is 5.70. The maximum absolute atomic E-state index is 11.7. The molecule has 0 saturated heterocycles. The van der Waals surface area contributed by atoms with Crippen LogP contribution in [0, 0.1) is 58.2 Å². The Morgan fingerprint density at radius 2 is 1.65 bits per heavy atom. The molecule has 2 N–H and O–H groups in total. The van der Waals surface area contributed by atoms with E-state index in [-0.39, 0.29) is 12.5 Å². The van der Waals surface area contributed by atoms with E-state index in [1.165, 1.54) is 64.2 Å². The SMILES string of the molecule is CC(CO)C(CC[C@@H](C)[C@H]1CC[C@H]2[C@@H]3CCC4CCCC[C@]4(C)[C@H]3CC[C@]12C)C(=O)O. The molecular formula is C28H48O3. The highest BCUT2D eigenvalue weighted by atomic mass is 16.4. The van der Waals surface area contributed by atoms with Crippen LogP contribution in [0.25, 0.3) is 0 Å². The topological polar surface area (TPSA) is 57.5 Å². The van der Waals surface area contributed by atoms with Crippen molar-refractivity contribution in [2.24, 2.45) is 58.2 Å². The van der Waals surface area contributed by atoms with E-state index in [1.807, 2.05) is 6.92 Å². The molecule has 10 atom stereocenters. The van der Waals surface area contributed by atoms with Crippen LogP contribution in [0.4, 0.5) is 0 Å². The van der Waals surface area contributed by atoms with E-state index >= 15 is 0 Å². The summed E-state index contributed by atoms with van der Waals surface area (Å²) < 4.78 is 0. The summed E-state index contributed by atoms with van der Waals surface area (Å²) in [5.41, 5.74) is 1.07. The maximum Gasteiger partial charge on any atom is 0.306 e. The predicted octanol–water partition coefficient (Wildman–Crippen LogP) is 6.78. The van der Waals surface area contributed by atoms with Crippen LogP contribution in [0.5, 0.6) is 0 Å². The molecule has 3 heteroatoms. The number of aliphatic carboxylic acids is 1. The summed E-state index contributed by atoms with van der Waals surface area (Å²) in [7, 11) is 0. The number of aliphatic hydroxyl groups is 1. The third-order valence-electron chi connectivity index (χ3n) is 11.6. The zero-order chi connectivity index (χ0) is 22.4. The summed E-state index contributed by atoms with van der Waals surface area (Å²) in [5.74, 6) is 3.82. The van der Waals surface area contributed by atoms with Gasteiger partial charge in [-0.05, 0) is 116 Å². The summed E-state index contributed by atoms with van der Waals surface area (Å²) >= 11 is 0. The number of carboxylic acid groups (broad SMARTS) is 1. The van der Waals surface area contributed by atoms with Crippen molar-refractivity contribution in [1.29, 1.82) is 0 Å². The smallest absolute Gasteiger partial charge is 0.306 e. The molecule has 0 aliphatic heterocycles. The Labute approximate surface area is 190 Å². The van der Waals surface area contributed by atoms with Crippen molar-refractivity contribution in [1.82, 2.24) is 0 Å². The van der Waals surface area contributed by atoms with Crippen molar-refractivity contribution in [2.45, 2.75) is 105 Å². The fourth-order valence-corrected chi connectivity index (χ4v) is 9.69. The minimum atomic E-state index is -0.734. The van der Waals surface area contributed by atoms with Gasteiger partial charge in [-0.3, -0.25) is 4.79 Å². The van der Waals surface area contributed by atoms with E-state index in [1.54, 1.807) is 0 Å². The molecule has 0 amide bonds. The molecule has 3 nitrogen and oxygen atoms in total. The number of carbonyl (C=O) groups is 1. The van der Waals surface area contributed by atoms with E-state index in [2.05, 4.69) is 20.8 Å². The first-order valence-corrected chi connectivity index (χ1v) is 13.6. The van der Waals surface area contributed by atoms with E-state index < -0.39 is 11.9 Å². The van der Waals surface area contributed by atoms with Gasteiger partial charge in [0.2, 0.25) is 0 Å². The van der Waals surface area contributed by atoms with Gasteiger partial charge in [0.15, 0.2) is 0 Å². The third kappa shape index (κ3) is 4.00. The molecule has 4 fully saturated rings. The Morgan fingerprint density at radius 1 is 0.903 bits per heavy atom. The molecule has 0 aromatic carbocycles. The van der Waals surface area contributed by atoms with Gasteiger partial charge < -0.3 is 10.2 Å². The fraction of sp³-hybridized carbons (Fsp3) is 0.964. The van der Waals surface area contributed by atoms with Gasteiger partial charge >= 0.3 is 5.97 Å². The molecule has 4 rings (SSSR count). The molecule has 3 unspecified atom stereocenters. The second-order valence-electron chi connectivity index (χ2n) is 12.8. The fourth-order valence-electron chi connectivity index (χ4n) is 9.69. The van der Waals surface area contributed by atoms with Crippen LogP contribution in [0.3, 0.4) is 0 Å². The third-order valence-corrected chi connectivity index (χ3v) is 11.6. The predicted molar refractivity (Wildman–Crippen MR) is 126 cm³/mol. The van der Waals surface area contributed by atoms with Crippen LogP contribution < -0.4 is 0 Å².